The van der Waals surface area contributed by atoms with Gasteiger partial charge in [-0.1, -0.05) is 48.5 Å². The Balaban J connectivity index is 1.82. The van der Waals surface area contributed by atoms with Crippen molar-refractivity contribution < 1.29 is 34.0 Å². The third kappa shape index (κ3) is 5.43. The van der Waals surface area contributed by atoms with Gasteiger partial charge in [0.15, 0.2) is 12.4 Å². The summed E-state index contributed by atoms with van der Waals surface area (Å²) in [5.41, 5.74) is 1.16. The third-order valence-electron chi connectivity index (χ3n) is 4.73. The first-order valence-corrected chi connectivity index (χ1v) is 9.62. The molecule has 2 aromatic rings. The number of carbonyl (C=O) groups excluding carboxylic acids is 2. The van der Waals surface area contributed by atoms with Crippen LogP contribution in [-0.2, 0) is 25.6 Å². The smallest absolute Gasteiger partial charge is 0.338 e. The van der Waals surface area contributed by atoms with Crippen molar-refractivity contribution in [1.29, 1.82) is 0 Å². The first-order chi connectivity index (χ1) is 14.5. The van der Waals surface area contributed by atoms with Gasteiger partial charge in [0, 0.05) is 6.92 Å². The number of hydrogen-bond donors (Lipinski definition) is 3. The van der Waals surface area contributed by atoms with Crippen LogP contribution in [0.25, 0.3) is 0 Å². The molecule has 0 bridgehead atoms. The van der Waals surface area contributed by atoms with E-state index in [0.29, 0.717) is 5.56 Å². The number of hydrogen-bond acceptors (Lipinski definition) is 7. The van der Waals surface area contributed by atoms with Crippen LogP contribution in [0, 0.1) is 0 Å². The molecule has 8 nitrogen and oxygen atoms in total. The summed E-state index contributed by atoms with van der Waals surface area (Å²) < 4.78 is 17.0. The Morgan fingerprint density at radius 1 is 1.07 bits per heavy atom. The van der Waals surface area contributed by atoms with Crippen LogP contribution in [0.15, 0.2) is 60.7 Å². The van der Waals surface area contributed by atoms with Crippen molar-refractivity contribution in [3.63, 3.8) is 0 Å². The Bertz CT molecular complexity index is 830. The van der Waals surface area contributed by atoms with E-state index in [9.17, 15) is 19.8 Å². The summed E-state index contributed by atoms with van der Waals surface area (Å²) in [6.07, 6.45) is -4.66. The van der Waals surface area contributed by atoms with Crippen LogP contribution in [0.5, 0.6) is 0 Å². The lowest BCUT2D eigenvalue weighted by atomic mass is 9.96. The van der Waals surface area contributed by atoms with Gasteiger partial charge in [0.25, 0.3) is 0 Å². The van der Waals surface area contributed by atoms with Crippen molar-refractivity contribution >= 4 is 11.9 Å². The Morgan fingerprint density at radius 2 is 1.70 bits per heavy atom. The van der Waals surface area contributed by atoms with E-state index in [1.807, 2.05) is 30.3 Å². The molecule has 0 aromatic heterocycles. The number of ether oxygens (including phenoxy) is 3. The largest absolute Gasteiger partial charge is 0.453 e. The second kappa shape index (κ2) is 10.3. The van der Waals surface area contributed by atoms with E-state index in [1.165, 1.54) is 6.92 Å². The lowest BCUT2D eigenvalue weighted by molar-refractivity contribution is -0.273. The quantitative estimate of drug-likeness (QED) is 0.578. The summed E-state index contributed by atoms with van der Waals surface area (Å²) in [4.78, 5) is 24.4. The maximum absolute atomic E-state index is 12.6. The Kier molecular flexibility index (Phi) is 7.53. The molecule has 8 heteroatoms. The Morgan fingerprint density at radius 3 is 2.30 bits per heavy atom. The summed E-state index contributed by atoms with van der Waals surface area (Å²) in [5, 5.41) is 22.9. The lowest BCUT2D eigenvalue weighted by Crippen LogP contribution is -2.65. The highest BCUT2D eigenvalue weighted by molar-refractivity contribution is 5.89. The number of esters is 1. The summed E-state index contributed by atoms with van der Waals surface area (Å²) in [7, 11) is 0. The molecule has 160 valence electrons. The molecule has 1 amide bonds. The van der Waals surface area contributed by atoms with Gasteiger partial charge < -0.3 is 29.7 Å². The molecular formula is C22H25NO7. The number of amides is 1. The number of benzene rings is 2. The van der Waals surface area contributed by atoms with Gasteiger partial charge in [0.05, 0.1) is 18.8 Å². The lowest BCUT2D eigenvalue weighted by Gasteiger charge is -2.43. The average Bonchev–Trinajstić information content (AvgIpc) is 2.76. The number of nitrogens with one attached hydrogen (secondary N) is 1. The molecule has 1 aliphatic rings. The van der Waals surface area contributed by atoms with Gasteiger partial charge in [0.1, 0.15) is 18.2 Å². The number of rotatable bonds is 7. The molecule has 0 saturated carbocycles. The molecule has 0 spiro atoms. The summed E-state index contributed by atoms with van der Waals surface area (Å²) in [5.74, 6) is -1.08. The van der Waals surface area contributed by atoms with Crippen molar-refractivity contribution in [2.75, 3.05) is 6.61 Å². The zero-order valence-electron chi connectivity index (χ0n) is 16.5. The van der Waals surface area contributed by atoms with E-state index in [1.54, 1.807) is 30.3 Å². The average molecular weight is 415 g/mol. The molecule has 0 aliphatic carbocycles. The van der Waals surface area contributed by atoms with Gasteiger partial charge >= 0.3 is 5.97 Å². The summed E-state index contributed by atoms with van der Waals surface area (Å²) in [6, 6.07) is 16.6. The van der Waals surface area contributed by atoms with Gasteiger partial charge in [-0.25, -0.2) is 4.79 Å². The zero-order valence-corrected chi connectivity index (χ0v) is 16.5. The number of aliphatic hydroxyl groups is 2. The van der Waals surface area contributed by atoms with E-state index in [-0.39, 0.29) is 6.61 Å². The van der Waals surface area contributed by atoms with Crippen molar-refractivity contribution in [2.45, 2.75) is 44.2 Å². The zero-order chi connectivity index (χ0) is 21.5. The van der Waals surface area contributed by atoms with Gasteiger partial charge in [-0.2, -0.15) is 0 Å². The summed E-state index contributed by atoms with van der Waals surface area (Å²) >= 11 is 0. The maximum Gasteiger partial charge on any atom is 0.338 e. The molecule has 30 heavy (non-hydrogen) atoms. The van der Waals surface area contributed by atoms with Crippen LogP contribution >= 0.6 is 0 Å². The van der Waals surface area contributed by atoms with Crippen LogP contribution in [0.4, 0.5) is 0 Å². The van der Waals surface area contributed by atoms with E-state index < -0.39 is 49.1 Å². The van der Waals surface area contributed by atoms with Crippen LogP contribution in [0.3, 0.4) is 0 Å². The van der Waals surface area contributed by atoms with Crippen LogP contribution in [0.1, 0.15) is 22.8 Å². The molecule has 3 rings (SSSR count). The minimum Gasteiger partial charge on any atom is -0.453 e. The second-order valence-corrected chi connectivity index (χ2v) is 6.97. The van der Waals surface area contributed by atoms with Gasteiger partial charge in [0.2, 0.25) is 5.91 Å². The van der Waals surface area contributed by atoms with Gasteiger partial charge in [-0.15, -0.1) is 0 Å². The standard InChI is InChI=1S/C22H25NO7/c1-14(25)23-18-20(30-21(27)16-10-6-3-7-11-16)19(26)17(12-24)29-22(18)28-13-15-8-4-2-5-9-15/h2-11,17-20,22,24,26H,12-13H2,1H3,(H,23,25)/t17-,18-,19-,20-,22+/m1/s1. The Hall–Kier alpha value is -2.78. The van der Waals surface area contributed by atoms with Crippen molar-refractivity contribution in [2.24, 2.45) is 0 Å². The Labute approximate surface area is 174 Å². The predicted molar refractivity (Wildman–Crippen MR) is 106 cm³/mol. The van der Waals surface area contributed by atoms with Crippen LogP contribution in [-0.4, -0.2) is 59.3 Å². The highest BCUT2D eigenvalue weighted by Crippen LogP contribution is 2.26. The van der Waals surface area contributed by atoms with Crippen molar-refractivity contribution in [3.8, 4) is 0 Å². The van der Waals surface area contributed by atoms with E-state index in [0.717, 1.165) is 5.56 Å². The van der Waals surface area contributed by atoms with Crippen LogP contribution in [0.2, 0.25) is 0 Å². The predicted octanol–water partition coefficient (Wildman–Crippen LogP) is 1.01. The first kappa shape index (κ1) is 21.9. The topological polar surface area (TPSA) is 114 Å². The van der Waals surface area contributed by atoms with E-state index >= 15 is 0 Å². The normalized spacial score (nSPS) is 26.0. The van der Waals surface area contributed by atoms with Gasteiger partial charge in [-0.05, 0) is 17.7 Å². The molecule has 5 atom stereocenters. The van der Waals surface area contributed by atoms with Crippen LogP contribution < -0.4 is 5.32 Å². The van der Waals surface area contributed by atoms with Gasteiger partial charge in [-0.3, -0.25) is 4.79 Å². The SMILES string of the molecule is CC(=O)N[C@H]1[C@@H](OCc2ccccc2)O[C@H](CO)[C@@H](O)[C@@H]1OC(=O)c1ccccc1. The molecule has 0 unspecified atom stereocenters. The summed E-state index contributed by atoms with van der Waals surface area (Å²) in [6.45, 7) is 0.947. The highest BCUT2D eigenvalue weighted by atomic mass is 16.7. The minimum absolute atomic E-state index is 0.162. The molecule has 1 fully saturated rings. The number of aliphatic hydroxyl groups excluding tert-OH is 2. The highest BCUT2D eigenvalue weighted by Gasteiger charge is 2.48. The first-order valence-electron chi connectivity index (χ1n) is 9.62. The molecule has 1 aliphatic heterocycles. The molecule has 0 radical (unpaired) electrons. The fourth-order valence-corrected chi connectivity index (χ4v) is 3.26. The monoisotopic (exact) mass is 415 g/mol. The van der Waals surface area contributed by atoms with Crippen molar-refractivity contribution in [1.82, 2.24) is 5.32 Å². The molecule has 2 aromatic carbocycles. The number of carbonyl (C=O) groups is 2. The fourth-order valence-electron chi connectivity index (χ4n) is 3.26. The van der Waals surface area contributed by atoms with E-state index in [2.05, 4.69) is 5.32 Å². The van der Waals surface area contributed by atoms with Crippen molar-refractivity contribution in [3.05, 3.63) is 71.8 Å². The maximum atomic E-state index is 12.6. The molecule has 1 heterocycles. The minimum atomic E-state index is -1.36. The molecular weight excluding hydrogens is 390 g/mol. The molecule has 1 saturated heterocycles. The van der Waals surface area contributed by atoms with E-state index in [4.69, 9.17) is 14.2 Å². The fraction of sp³-hybridized carbons (Fsp3) is 0.364. The third-order valence-corrected chi connectivity index (χ3v) is 4.73. The molecule has 3 N–H and O–H groups in total. The second-order valence-electron chi connectivity index (χ2n) is 6.97.